The predicted molar refractivity (Wildman–Crippen MR) is 308 cm³/mol. The molecule has 4 unspecified atom stereocenters. The fourth-order valence-electron chi connectivity index (χ4n) is 14.1. The third-order valence-electron chi connectivity index (χ3n) is 18.3. The lowest BCUT2D eigenvalue weighted by Crippen LogP contribution is -2.65. The molecule has 0 amide bonds. The Labute approximate surface area is 505 Å². The molecule has 22 heteroatoms. The Kier molecular flexibility index (Phi) is 23.5. The van der Waals surface area contributed by atoms with E-state index < -0.39 is 169 Å². The number of aliphatic hydroxyl groups is 7. The lowest BCUT2D eigenvalue weighted by Gasteiger charge is -2.52. The number of hydrogen-bond acceptors (Lipinski definition) is 21. The van der Waals surface area contributed by atoms with Crippen molar-refractivity contribution in [1.29, 1.82) is 0 Å². The lowest BCUT2D eigenvalue weighted by atomic mass is 9.78. The second-order valence-corrected chi connectivity index (χ2v) is 26.4. The van der Waals surface area contributed by atoms with Gasteiger partial charge in [0.25, 0.3) is 0 Å². The topological polar surface area (TPSA) is 302 Å². The van der Waals surface area contributed by atoms with Gasteiger partial charge in [-0.25, -0.2) is 0 Å². The Hall–Kier alpha value is -3.49. The molecule has 10 bridgehead atoms. The number of carbonyl (C=O) groups is 4. The number of halogens is 1. The van der Waals surface area contributed by atoms with Crippen LogP contribution in [0.4, 0.5) is 0 Å². The molecule has 6 fully saturated rings. The molecule has 0 aromatic rings. The normalized spacial score (nSPS) is 44.5. The van der Waals surface area contributed by atoms with Crippen molar-refractivity contribution in [2.45, 2.75) is 278 Å². The van der Waals surface area contributed by atoms with E-state index in [4.69, 9.17) is 59.0 Å². The first-order valence-electron chi connectivity index (χ1n) is 30.3. The van der Waals surface area contributed by atoms with E-state index in [2.05, 4.69) is 19.7 Å². The Balaban J connectivity index is 1.22. The zero-order valence-electron chi connectivity index (χ0n) is 50.7. The van der Waals surface area contributed by atoms with Gasteiger partial charge in [0.15, 0.2) is 17.4 Å². The fraction of sp³-hybridized carbons (Fsp3) is 0.778. The maximum Gasteiger partial charge on any atom is 0.308 e. The quantitative estimate of drug-likeness (QED) is 0.0611. The summed E-state index contributed by atoms with van der Waals surface area (Å²) in [6.07, 6.45) is -8.69. The van der Waals surface area contributed by atoms with Gasteiger partial charge in [0.05, 0.1) is 85.1 Å². The summed E-state index contributed by atoms with van der Waals surface area (Å²) in [7, 11) is 1.57. The predicted octanol–water partition coefficient (Wildman–Crippen LogP) is 5.91. The van der Waals surface area contributed by atoms with Crippen molar-refractivity contribution < 1.29 is 102 Å². The van der Waals surface area contributed by atoms with E-state index in [9.17, 15) is 54.9 Å². The second-order valence-electron chi connectivity index (χ2n) is 25.9. The summed E-state index contributed by atoms with van der Waals surface area (Å²) in [5, 5.41) is 82.6. The van der Waals surface area contributed by atoms with Gasteiger partial charge in [-0.05, 0) is 51.5 Å². The molecule has 7 aliphatic heterocycles. The molecule has 0 aliphatic carbocycles. The molecule has 0 saturated carbocycles. The van der Waals surface area contributed by atoms with Crippen LogP contribution in [0.1, 0.15) is 158 Å². The number of carbonyl (C=O) groups excluding carboxylic acids is 4. The Morgan fingerprint density at radius 1 is 0.812 bits per heavy atom. The summed E-state index contributed by atoms with van der Waals surface area (Å²) in [5.41, 5.74) is -0.508. The first kappa shape index (κ1) is 69.0. The van der Waals surface area contributed by atoms with Crippen molar-refractivity contribution in [3.63, 3.8) is 0 Å². The van der Waals surface area contributed by atoms with E-state index in [1.165, 1.54) is 26.0 Å². The molecule has 21 nitrogen and oxygen atoms in total. The number of esters is 3. The van der Waals surface area contributed by atoms with Crippen LogP contribution in [0.5, 0.6) is 0 Å². The summed E-state index contributed by atoms with van der Waals surface area (Å²) in [6, 6.07) is 0. The third-order valence-corrected chi connectivity index (χ3v) is 18.4. The molecule has 85 heavy (non-hydrogen) atoms. The number of allylic oxidation sites excluding steroid dienone is 3. The van der Waals surface area contributed by atoms with Crippen molar-refractivity contribution >= 4 is 35.3 Å². The summed E-state index contributed by atoms with van der Waals surface area (Å²) >= 11 is 5.89. The van der Waals surface area contributed by atoms with Crippen LogP contribution in [-0.4, -0.2) is 187 Å². The first-order valence-corrected chi connectivity index (χ1v) is 30.7. The van der Waals surface area contributed by atoms with Crippen LogP contribution >= 0.6 is 11.6 Å². The van der Waals surface area contributed by atoms with Gasteiger partial charge in [-0.1, -0.05) is 88.4 Å². The Morgan fingerprint density at radius 3 is 2.15 bits per heavy atom. The minimum absolute atomic E-state index is 0.00321. The average molecular weight is 1220 g/mol. The van der Waals surface area contributed by atoms with Gasteiger partial charge < -0.3 is 83.1 Å². The SMILES string of the molecule is C=C(Cl)/C=C/C(O)CC(=C)C[C@H]1O[C@@H]2[C@H](C)[C@@H](OC(=O)C[C@H]3C[C@H](OC(C)=O)C[C@@]4(C[C@@](C)(O)C[C@H](CC(=C)C(C)C(OC(C)=O)[C@H](C)C(=O)C[C@@H]5C[C@H](OC)CC6(C[C@@H](O)C[C@H](/C=C\CCC[C@H]7O[C@](O)(C[C@H](O)[C@H]7C)[C@H]2O)O6)O5)O4)O3)[C@@H]1O. The Bertz CT molecular complexity index is 2430. The van der Waals surface area contributed by atoms with Crippen LogP contribution < -0.4 is 0 Å². The standard InChI is InChI=1S/C63H95ClO21/c1-33(19-42(67)18-17-35(3)64)20-53-55(72)57-39(7)58(79-53)59(73)63(75)31-51(70)37(5)52(85-63)16-14-12-13-15-44-22-43(68)27-61(81-44)29-47(76-11)23-45(82-61)25-50(69)38(6)56(78-41(9)66)36(4)34(2)21-49-28-60(10,74)32-62(84-49)30-48(77-40(8)65)24-46(83-62)26-54(71)80-57/h13,15,17-18,36-39,42-49,51-53,55-59,67-68,70,72-75H,1-3,12,14,16,19-32H2,4-11H3/b15-13-,18-17+/t36?,37-,38-,39-,42?,43+,44+,45+,46-,47+,48+,49+,51+,52-,53-,55-,56?,57-,58-,59+,60+,61?,62-,63-/m1/s1. The van der Waals surface area contributed by atoms with Crippen LogP contribution in [0.25, 0.3) is 0 Å². The minimum atomic E-state index is -2.40. The van der Waals surface area contributed by atoms with Crippen molar-refractivity contribution in [1.82, 2.24) is 0 Å². The molecule has 0 radical (unpaired) electrons. The molecular weight excluding hydrogens is 1130 g/mol. The molecule has 24 atom stereocenters. The number of rotatable bonds is 9. The number of ketones is 1. The monoisotopic (exact) mass is 1220 g/mol. The maximum atomic E-state index is 14.5. The summed E-state index contributed by atoms with van der Waals surface area (Å²) in [5.74, 6) is -10.7. The van der Waals surface area contributed by atoms with Crippen LogP contribution in [0.2, 0.25) is 0 Å². The largest absolute Gasteiger partial charge is 0.462 e. The zero-order valence-corrected chi connectivity index (χ0v) is 51.5. The van der Waals surface area contributed by atoms with Crippen molar-refractivity contribution in [2.24, 2.45) is 23.7 Å². The smallest absolute Gasteiger partial charge is 0.308 e. The minimum Gasteiger partial charge on any atom is -0.462 e. The number of aliphatic hydroxyl groups excluding tert-OH is 5. The van der Waals surface area contributed by atoms with E-state index in [-0.39, 0.29) is 81.1 Å². The number of methoxy groups -OCH3 is 1. The molecule has 2 spiro atoms. The van der Waals surface area contributed by atoms with E-state index in [0.717, 1.165) is 0 Å². The highest BCUT2D eigenvalue weighted by atomic mass is 35.5. The average Bonchev–Trinajstić information content (AvgIpc) is 1.35. The van der Waals surface area contributed by atoms with Gasteiger partial charge in [-0.3, -0.25) is 19.2 Å². The summed E-state index contributed by atoms with van der Waals surface area (Å²) in [6.45, 7) is 23.1. The van der Waals surface area contributed by atoms with Gasteiger partial charge in [0.2, 0.25) is 0 Å². The van der Waals surface area contributed by atoms with Crippen molar-refractivity contribution in [3.05, 3.63) is 60.2 Å². The van der Waals surface area contributed by atoms with Crippen LogP contribution in [0.3, 0.4) is 0 Å². The summed E-state index contributed by atoms with van der Waals surface area (Å²) < 4.78 is 63.4. The van der Waals surface area contributed by atoms with Gasteiger partial charge in [-0.15, -0.1) is 0 Å². The van der Waals surface area contributed by atoms with Gasteiger partial charge >= 0.3 is 17.9 Å². The lowest BCUT2D eigenvalue weighted by molar-refractivity contribution is -0.351. The Morgan fingerprint density at radius 2 is 1.47 bits per heavy atom. The van der Waals surface area contributed by atoms with Crippen molar-refractivity contribution in [3.8, 4) is 0 Å². The molecule has 6 saturated heterocycles. The van der Waals surface area contributed by atoms with Crippen molar-refractivity contribution in [2.75, 3.05) is 7.11 Å². The van der Waals surface area contributed by atoms with E-state index >= 15 is 0 Å². The molecule has 7 N–H and O–H groups in total. The highest BCUT2D eigenvalue weighted by molar-refractivity contribution is 6.30. The first-order chi connectivity index (χ1) is 39.8. The van der Waals surface area contributed by atoms with Gasteiger partial charge in [0.1, 0.15) is 36.3 Å². The van der Waals surface area contributed by atoms with E-state index in [1.807, 2.05) is 12.2 Å². The number of Topliss-reactive ketones (excluding diaryl/α,β-unsaturated/α-hetero) is 1. The van der Waals surface area contributed by atoms with Gasteiger partial charge in [-0.2, -0.15) is 0 Å². The number of hydrogen-bond donors (Lipinski definition) is 7. The molecule has 7 rings (SSSR count). The highest BCUT2D eigenvalue weighted by Gasteiger charge is 2.58. The molecule has 7 aliphatic rings. The van der Waals surface area contributed by atoms with Crippen LogP contribution in [0.15, 0.2) is 60.2 Å². The zero-order chi connectivity index (χ0) is 62.5. The van der Waals surface area contributed by atoms with Gasteiger partial charge in [0, 0.05) is 108 Å². The molecule has 0 aromatic carbocycles. The maximum absolute atomic E-state index is 14.5. The molecular formula is C63H95ClO21. The van der Waals surface area contributed by atoms with E-state index in [0.29, 0.717) is 43.3 Å². The highest BCUT2D eigenvalue weighted by Crippen LogP contribution is 2.48. The van der Waals surface area contributed by atoms with Crippen LogP contribution in [0, 0.1) is 23.7 Å². The third kappa shape index (κ3) is 18.1. The van der Waals surface area contributed by atoms with E-state index in [1.54, 1.807) is 41.7 Å². The number of ether oxygens (including phenoxy) is 10. The van der Waals surface area contributed by atoms with Crippen LogP contribution in [-0.2, 0) is 66.5 Å². The number of fused-ring (bicyclic) bond motifs is 8. The molecule has 480 valence electrons. The molecule has 7 heterocycles. The second kappa shape index (κ2) is 29.0. The summed E-state index contributed by atoms with van der Waals surface area (Å²) in [4.78, 5) is 54.3. The molecule has 0 aromatic heterocycles. The fourth-order valence-corrected chi connectivity index (χ4v) is 14.2.